The fraction of sp³-hybridized carbons (Fsp3) is 0.364. The van der Waals surface area contributed by atoms with Crippen molar-refractivity contribution < 1.29 is 4.42 Å². The molecule has 80 valence electrons. The summed E-state index contributed by atoms with van der Waals surface area (Å²) < 4.78 is 5.04. The van der Waals surface area contributed by atoms with E-state index in [1.54, 1.807) is 23.9 Å². The van der Waals surface area contributed by atoms with Crippen LogP contribution in [0.4, 0.5) is 0 Å². The minimum Gasteiger partial charge on any atom is -0.472 e. The third-order valence-electron chi connectivity index (χ3n) is 2.27. The molecule has 2 aromatic heterocycles. The maximum absolute atomic E-state index is 5.04. The summed E-state index contributed by atoms with van der Waals surface area (Å²) in [6.07, 6.45) is 3.46. The molecule has 0 aliphatic carbocycles. The molecule has 0 fully saturated rings. The topological polar surface area (TPSA) is 38.1 Å². The molecule has 2 rings (SSSR count). The number of thiazole rings is 1. The van der Waals surface area contributed by atoms with E-state index in [9.17, 15) is 0 Å². The predicted octanol–water partition coefficient (Wildman–Crippen LogP) is 2.90. The minimum atomic E-state index is 0.299. The highest BCUT2D eigenvalue weighted by Gasteiger charge is 2.06. The van der Waals surface area contributed by atoms with Crippen molar-refractivity contribution in [3.63, 3.8) is 0 Å². The van der Waals surface area contributed by atoms with Crippen LogP contribution in [0, 0.1) is 6.92 Å². The average molecular weight is 222 g/mol. The number of hydrogen-bond acceptors (Lipinski definition) is 4. The number of hydrogen-bond donors (Lipinski definition) is 1. The van der Waals surface area contributed by atoms with Crippen molar-refractivity contribution in [1.29, 1.82) is 0 Å². The Bertz CT molecular complexity index is 408. The fourth-order valence-electron chi connectivity index (χ4n) is 1.36. The van der Waals surface area contributed by atoms with E-state index in [1.165, 1.54) is 5.56 Å². The minimum absolute atomic E-state index is 0.299. The molecule has 1 N–H and O–H groups in total. The molecule has 0 bridgehead atoms. The summed E-state index contributed by atoms with van der Waals surface area (Å²) in [6, 6.07) is 2.28. The Morgan fingerprint density at radius 2 is 2.47 bits per heavy atom. The molecule has 0 saturated heterocycles. The third-order valence-corrected chi connectivity index (χ3v) is 3.24. The summed E-state index contributed by atoms with van der Waals surface area (Å²) in [6.45, 7) is 4.94. The molecular weight excluding hydrogens is 208 g/mol. The standard InChI is InChI=1S/C11H14N2OS/c1-8-7-15-11(13-8)5-12-9(2)10-3-4-14-6-10/h3-4,6-7,9,12H,5H2,1-2H3. The Kier molecular flexibility index (Phi) is 3.18. The maximum atomic E-state index is 5.04. The number of rotatable bonds is 4. The zero-order chi connectivity index (χ0) is 10.7. The smallest absolute Gasteiger partial charge is 0.107 e. The summed E-state index contributed by atoms with van der Waals surface area (Å²) >= 11 is 1.69. The molecule has 0 radical (unpaired) electrons. The molecule has 0 aliphatic rings. The van der Waals surface area contributed by atoms with Crippen molar-refractivity contribution in [3.05, 3.63) is 40.2 Å². The van der Waals surface area contributed by atoms with Gasteiger partial charge in [0.25, 0.3) is 0 Å². The van der Waals surface area contributed by atoms with E-state index in [1.807, 2.05) is 13.0 Å². The van der Waals surface area contributed by atoms with Crippen LogP contribution in [0.15, 0.2) is 28.4 Å². The molecule has 0 amide bonds. The van der Waals surface area contributed by atoms with E-state index < -0.39 is 0 Å². The molecule has 0 saturated carbocycles. The first kappa shape index (κ1) is 10.4. The van der Waals surface area contributed by atoms with E-state index in [4.69, 9.17) is 4.42 Å². The van der Waals surface area contributed by atoms with Crippen molar-refractivity contribution in [2.24, 2.45) is 0 Å². The maximum Gasteiger partial charge on any atom is 0.107 e. The van der Waals surface area contributed by atoms with Crippen LogP contribution in [0.3, 0.4) is 0 Å². The molecule has 3 nitrogen and oxygen atoms in total. The van der Waals surface area contributed by atoms with E-state index in [2.05, 4.69) is 22.6 Å². The molecule has 2 heterocycles. The van der Waals surface area contributed by atoms with E-state index in [-0.39, 0.29) is 0 Å². The molecule has 15 heavy (non-hydrogen) atoms. The Hall–Kier alpha value is -1.13. The Morgan fingerprint density at radius 3 is 3.07 bits per heavy atom. The molecule has 0 aliphatic heterocycles. The van der Waals surface area contributed by atoms with E-state index >= 15 is 0 Å². The highest BCUT2D eigenvalue weighted by molar-refractivity contribution is 7.09. The Morgan fingerprint density at radius 1 is 1.60 bits per heavy atom. The van der Waals surface area contributed by atoms with Crippen molar-refractivity contribution in [2.45, 2.75) is 26.4 Å². The summed E-state index contributed by atoms with van der Waals surface area (Å²) in [5.41, 5.74) is 2.26. The second-order valence-corrected chi connectivity index (χ2v) is 4.48. The van der Waals surface area contributed by atoms with Crippen LogP contribution in [0.1, 0.15) is 29.2 Å². The van der Waals surface area contributed by atoms with Crippen LogP contribution in [-0.2, 0) is 6.54 Å². The van der Waals surface area contributed by atoms with Crippen molar-refractivity contribution in [3.8, 4) is 0 Å². The van der Waals surface area contributed by atoms with Gasteiger partial charge in [-0.15, -0.1) is 11.3 Å². The van der Waals surface area contributed by atoms with Crippen LogP contribution in [-0.4, -0.2) is 4.98 Å². The summed E-state index contributed by atoms with van der Waals surface area (Å²) in [5, 5.41) is 6.60. The molecule has 2 aromatic rings. The summed E-state index contributed by atoms with van der Waals surface area (Å²) in [4.78, 5) is 4.40. The van der Waals surface area contributed by atoms with Crippen LogP contribution < -0.4 is 5.32 Å². The normalized spacial score (nSPS) is 12.9. The zero-order valence-corrected chi connectivity index (χ0v) is 9.67. The lowest BCUT2D eigenvalue weighted by Crippen LogP contribution is -2.17. The largest absolute Gasteiger partial charge is 0.472 e. The predicted molar refractivity (Wildman–Crippen MR) is 60.8 cm³/mol. The monoisotopic (exact) mass is 222 g/mol. The molecule has 1 atom stereocenters. The second kappa shape index (κ2) is 4.59. The van der Waals surface area contributed by atoms with Gasteiger partial charge in [0.15, 0.2) is 0 Å². The number of aromatic nitrogens is 1. The third kappa shape index (κ3) is 2.67. The van der Waals surface area contributed by atoms with Gasteiger partial charge >= 0.3 is 0 Å². The van der Waals surface area contributed by atoms with Crippen LogP contribution in [0.25, 0.3) is 0 Å². The SMILES string of the molecule is Cc1csc(CNC(C)c2ccoc2)n1. The molecule has 4 heteroatoms. The lowest BCUT2D eigenvalue weighted by Gasteiger charge is -2.09. The molecule has 1 unspecified atom stereocenters. The second-order valence-electron chi connectivity index (χ2n) is 3.54. The van der Waals surface area contributed by atoms with Crippen molar-refractivity contribution in [2.75, 3.05) is 0 Å². The molecular formula is C11H14N2OS. The first-order chi connectivity index (χ1) is 7.25. The lowest BCUT2D eigenvalue weighted by molar-refractivity contribution is 0.538. The van der Waals surface area contributed by atoms with Crippen LogP contribution >= 0.6 is 11.3 Å². The zero-order valence-electron chi connectivity index (χ0n) is 8.86. The average Bonchev–Trinajstić information content (AvgIpc) is 2.84. The van der Waals surface area contributed by atoms with Crippen molar-refractivity contribution >= 4 is 11.3 Å². The van der Waals surface area contributed by atoms with Gasteiger partial charge in [-0.3, -0.25) is 0 Å². The quantitative estimate of drug-likeness (QED) is 0.864. The van der Waals surface area contributed by atoms with E-state index in [0.29, 0.717) is 6.04 Å². The highest BCUT2D eigenvalue weighted by Crippen LogP contribution is 2.14. The van der Waals surface area contributed by atoms with Gasteiger partial charge in [0.2, 0.25) is 0 Å². The molecule has 0 spiro atoms. The fourth-order valence-corrected chi connectivity index (χ4v) is 2.09. The van der Waals surface area contributed by atoms with Gasteiger partial charge in [0.1, 0.15) is 5.01 Å². The van der Waals surface area contributed by atoms with Gasteiger partial charge in [-0.2, -0.15) is 0 Å². The van der Waals surface area contributed by atoms with Gasteiger partial charge in [-0.05, 0) is 19.9 Å². The van der Waals surface area contributed by atoms with E-state index in [0.717, 1.165) is 17.2 Å². The Labute approximate surface area is 93.2 Å². The van der Waals surface area contributed by atoms with Crippen molar-refractivity contribution in [1.82, 2.24) is 10.3 Å². The van der Waals surface area contributed by atoms with Crippen LogP contribution in [0.5, 0.6) is 0 Å². The van der Waals surface area contributed by atoms with Gasteiger partial charge in [-0.1, -0.05) is 0 Å². The number of furan rings is 1. The first-order valence-electron chi connectivity index (χ1n) is 4.92. The van der Waals surface area contributed by atoms with Gasteiger partial charge in [0.05, 0.1) is 12.5 Å². The van der Waals surface area contributed by atoms with Gasteiger partial charge < -0.3 is 9.73 Å². The first-order valence-corrected chi connectivity index (χ1v) is 5.80. The van der Waals surface area contributed by atoms with Gasteiger partial charge in [0, 0.05) is 29.2 Å². The van der Waals surface area contributed by atoms with Gasteiger partial charge in [-0.25, -0.2) is 4.98 Å². The number of nitrogens with one attached hydrogen (secondary N) is 1. The van der Waals surface area contributed by atoms with Crippen LogP contribution in [0.2, 0.25) is 0 Å². The lowest BCUT2D eigenvalue weighted by atomic mass is 10.2. The Balaban J connectivity index is 1.88. The summed E-state index contributed by atoms with van der Waals surface area (Å²) in [7, 11) is 0. The number of aryl methyl sites for hydroxylation is 1. The molecule has 0 aromatic carbocycles. The summed E-state index contributed by atoms with van der Waals surface area (Å²) in [5.74, 6) is 0. The highest BCUT2D eigenvalue weighted by atomic mass is 32.1. The number of nitrogens with zero attached hydrogens (tertiary/aromatic N) is 1.